The summed E-state index contributed by atoms with van der Waals surface area (Å²) in [5, 5.41) is 7.85. The normalized spacial score (nSPS) is 14.2. The highest BCUT2D eigenvalue weighted by Crippen LogP contribution is 2.42. The molecule has 4 nitrogen and oxygen atoms in total. The average molecular weight is 325 g/mol. The van der Waals surface area contributed by atoms with Crippen LogP contribution >= 0.6 is 23.2 Å². The van der Waals surface area contributed by atoms with Gasteiger partial charge in [-0.25, -0.2) is 4.79 Å². The van der Waals surface area contributed by atoms with E-state index in [9.17, 15) is 4.79 Å². The molecule has 0 unspecified atom stereocenters. The van der Waals surface area contributed by atoms with Crippen LogP contribution in [-0.4, -0.2) is 16.2 Å². The Morgan fingerprint density at radius 3 is 2.81 bits per heavy atom. The summed E-state index contributed by atoms with van der Waals surface area (Å²) in [5.41, 5.74) is 2.33. The van der Waals surface area contributed by atoms with Crippen molar-refractivity contribution in [1.29, 1.82) is 0 Å². The molecule has 0 amide bonds. The molecule has 2 aromatic rings. The van der Waals surface area contributed by atoms with Gasteiger partial charge in [0.2, 0.25) is 5.88 Å². The molecule has 0 spiro atoms. The van der Waals surface area contributed by atoms with Crippen molar-refractivity contribution >= 4 is 29.2 Å². The van der Waals surface area contributed by atoms with E-state index in [4.69, 9.17) is 27.9 Å². The van der Waals surface area contributed by atoms with Crippen LogP contribution in [-0.2, 0) is 6.42 Å². The Hall–Kier alpha value is -1.52. The zero-order chi connectivity index (χ0) is 15.0. The van der Waals surface area contributed by atoms with E-state index in [1.54, 1.807) is 12.1 Å². The van der Waals surface area contributed by atoms with Gasteiger partial charge in [0.25, 0.3) is 0 Å². The quantitative estimate of drug-likeness (QED) is 0.849. The molecule has 1 aliphatic rings. The molecule has 0 bridgehead atoms. The third-order valence-electron chi connectivity index (χ3n) is 3.54. The van der Waals surface area contributed by atoms with E-state index in [1.807, 2.05) is 6.92 Å². The first kappa shape index (κ1) is 14.4. The molecule has 0 aliphatic heterocycles. The van der Waals surface area contributed by atoms with E-state index in [0.29, 0.717) is 16.8 Å². The van der Waals surface area contributed by atoms with Gasteiger partial charge in [0, 0.05) is 22.2 Å². The Labute approximate surface area is 132 Å². The monoisotopic (exact) mass is 324 g/mol. The first-order valence-corrected chi connectivity index (χ1v) is 7.60. The molecule has 1 saturated carbocycles. The van der Waals surface area contributed by atoms with Gasteiger partial charge < -0.3 is 4.74 Å². The van der Waals surface area contributed by atoms with E-state index < -0.39 is 5.97 Å². The topological polar surface area (TPSA) is 55.0 Å². The number of hydrogen-bond donors (Lipinski definition) is 1. The molecule has 0 saturated heterocycles. The lowest BCUT2D eigenvalue weighted by Crippen LogP contribution is -2.10. The highest BCUT2D eigenvalue weighted by atomic mass is 35.5. The van der Waals surface area contributed by atoms with Gasteiger partial charge in [0.15, 0.2) is 0 Å². The lowest BCUT2D eigenvalue weighted by atomic mass is 10.1. The molecule has 6 heteroatoms. The van der Waals surface area contributed by atoms with Crippen LogP contribution in [0.3, 0.4) is 0 Å². The molecular formula is C15H14Cl2N2O2. The summed E-state index contributed by atoms with van der Waals surface area (Å²) < 4.78 is 5.39. The summed E-state index contributed by atoms with van der Waals surface area (Å²) in [6, 6.07) is 4.67. The molecule has 0 atom stereocenters. The van der Waals surface area contributed by atoms with Crippen LogP contribution in [0.4, 0.5) is 0 Å². The zero-order valence-electron chi connectivity index (χ0n) is 11.5. The second-order valence-electron chi connectivity index (χ2n) is 5.06. The van der Waals surface area contributed by atoms with E-state index >= 15 is 0 Å². The van der Waals surface area contributed by atoms with Gasteiger partial charge in [-0.2, -0.15) is 0 Å². The van der Waals surface area contributed by atoms with Crippen molar-refractivity contribution in [3.63, 3.8) is 0 Å². The van der Waals surface area contributed by atoms with Crippen LogP contribution in [0.25, 0.3) is 0 Å². The number of ether oxygens (including phenoxy) is 1. The smallest absolute Gasteiger partial charge is 0.346 e. The molecule has 1 fully saturated rings. The Kier molecular flexibility index (Phi) is 3.91. The van der Waals surface area contributed by atoms with Crippen molar-refractivity contribution in [3.05, 3.63) is 45.1 Å². The van der Waals surface area contributed by atoms with E-state index in [-0.39, 0.29) is 10.6 Å². The summed E-state index contributed by atoms with van der Waals surface area (Å²) in [7, 11) is 0. The summed E-state index contributed by atoms with van der Waals surface area (Å²) in [5.74, 6) is 0.342. The summed E-state index contributed by atoms with van der Waals surface area (Å²) in [6.07, 6.45) is 3.08. The number of carbonyl (C=O) groups excluding carboxylic acids is 1. The highest BCUT2D eigenvalue weighted by molar-refractivity contribution is 6.36. The number of halogens is 2. The van der Waals surface area contributed by atoms with Gasteiger partial charge in [0.05, 0.1) is 10.6 Å². The molecule has 3 rings (SSSR count). The minimum absolute atomic E-state index is 0.267. The summed E-state index contributed by atoms with van der Waals surface area (Å²) in [6.45, 7) is 2.02. The Bertz CT molecular complexity index is 693. The number of nitrogens with zero attached hydrogens (tertiary/aromatic N) is 1. The molecular weight excluding hydrogens is 311 g/mol. The number of H-pyrrole nitrogens is 1. The maximum atomic E-state index is 12.2. The molecule has 1 aliphatic carbocycles. The first-order chi connectivity index (χ1) is 10.1. The standard InChI is InChI=1S/C15H14Cl2N2O2/c1-2-10-13(8-3-4-8)18-19-14(10)21-15(20)11-6-5-9(16)7-12(11)17/h5-8H,2-4H2,1H3,(H,18,19). The van der Waals surface area contributed by atoms with Gasteiger partial charge >= 0.3 is 5.97 Å². The van der Waals surface area contributed by atoms with Gasteiger partial charge in [0.1, 0.15) is 0 Å². The van der Waals surface area contributed by atoms with Crippen LogP contribution in [0.2, 0.25) is 10.0 Å². The predicted octanol–water partition coefficient (Wildman–Crippen LogP) is 4.38. The van der Waals surface area contributed by atoms with Crippen molar-refractivity contribution in [2.45, 2.75) is 32.1 Å². The van der Waals surface area contributed by atoms with Crippen molar-refractivity contribution < 1.29 is 9.53 Å². The Morgan fingerprint density at radius 1 is 1.43 bits per heavy atom. The van der Waals surface area contributed by atoms with Gasteiger partial charge in [-0.15, -0.1) is 5.10 Å². The van der Waals surface area contributed by atoms with Crippen LogP contribution in [0, 0.1) is 0 Å². The van der Waals surface area contributed by atoms with Crippen LogP contribution in [0.1, 0.15) is 47.3 Å². The fraction of sp³-hybridized carbons (Fsp3) is 0.333. The minimum atomic E-state index is -0.528. The number of benzene rings is 1. The summed E-state index contributed by atoms with van der Waals surface area (Å²) >= 11 is 11.8. The predicted molar refractivity (Wildman–Crippen MR) is 81.4 cm³/mol. The minimum Gasteiger partial charge on any atom is -0.402 e. The number of nitrogens with one attached hydrogen (secondary N) is 1. The fourth-order valence-corrected chi connectivity index (χ4v) is 2.78. The number of rotatable bonds is 4. The lowest BCUT2D eigenvalue weighted by molar-refractivity contribution is 0.0726. The molecule has 21 heavy (non-hydrogen) atoms. The van der Waals surface area contributed by atoms with E-state index in [0.717, 1.165) is 30.5 Å². The van der Waals surface area contributed by atoms with Gasteiger partial charge in [-0.1, -0.05) is 30.1 Å². The highest BCUT2D eigenvalue weighted by Gasteiger charge is 2.30. The average Bonchev–Trinajstić information content (AvgIpc) is 3.20. The Morgan fingerprint density at radius 2 is 2.19 bits per heavy atom. The number of aromatic amines is 1. The second-order valence-corrected chi connectivity index (χ2v) is 5.91. The van der Waals surface area contributed by atoms with Crippen LogP contribution in [0.15, 0.2) is 18.2 Å². The summed E-state index contributed by atoms with van der Waals surface area (Å²) in [4.78, 5) is 12.2. The Balaban J connectivity index is 1.84. The fourth-order valence-electron chi connectivity index (χ4n) is 2.29. The number of hydrogen-bond acceptors (Lipinski definition) is 3. The molecule has 1 N–H and O–H groups in total. The van der Waals surface area contributed by atoms with Crippen molar-refractivity contribution in [3.8, 4) is 5.88 Å². The van der Waals surface area contributed by atoms with Crippen molar-refractivity contribution in [2.24, 2.45) is 0 Å². The zero-order valence-corrected chi connectivity index (χ0v) is 13.0. The van der Waals surface area contributed by atoms with Crippen molar-refractivity contribution in [1.82, 2.24) is 10.2 Å². The van der Waals surface area contributed by atoms with Crippen molar-refractivity contribution in [2.75, 3.05) is 0 Å². The van der Waals surface area contributed by atoms with Crippen LogP contribution in [0.5, 0.6) is 5.88 Å². The number of aromatic nitrogens is 2. The second kappa shape index (κ2) is 5.70. The van der Waals surface area contributed by atoms with Gasteiger partial charge in [-0.05, 0) is 37.5 Å². The van der Waals surface area contributed by atoms with E-state index in [2.05, 4.69) is 10.2 Å². The maximum Gasteiger partial charge on any atom is 0.346 e. The lowest BCUT2D eigenvalue weighted by Gasteiger charge is -2.06. The van der Waals surface area contributed by atoms with E-state index in [1.165, 1.54) is 6.07 Å². The number of esters is 1. The SMILES string of the molecule is CCc1c(OC(=O)c2ccc(Cl)cc2Cl)n[nH]c1C1CC1. The third-order valence-corrected chi connectivity index (χ3v) is 4.09. The van der Waals surface area contributed by atoms with Gasteiger partial charge in [-0.3, -0.25) is 5.10 Å². The molecule has 110 valence electrons. The number of carbonyl (C=O) groups is 1. The maximum absolute atomic E-state index is 12.2. The molecule has 1 aromatic carbocycles. The van der Waals surface area contributed by atoms with Crippen LogP contribution < -0.4 is 4.74 Å². The first-order valence-electron chi connectivity index (χ1n) is 6.84. The molecule has 0 radical (unpaired) electrons. The molecule has 1 aromatic heterocycles. The third kappa shape index (κ3) is 2.92. The molecule has 1 heterocycles. The largest absolute Gasteiger partial charge is 0.402 e.